The van der Waals surface area contributed by atoms with Crippen LogP contribution in [0.4, 0.5) is 0 Å². The highest BCUT2D eigenvalue weighted by Crippen LogP contribution is 2.33. The molecule has 0 spiro atoms. The number of hydrogen-bond acceptors (Lipinski definition) is 8. The Bertz CT molecular complexity index is 2710. The number of piperidine rings is 1. The van der Waals surface area contributed by atoms with Crippen molar-refractivity contribution in [2.75, 3.05) is 33.5 Å². The van der Waals surface area contributed by atoms with Crippen LogP contribution in [0.25, 0.3) is 27.8 Å². The minimum Gasteiger partial charge on any atom is -0.454 e. The molecule has 0 aliphatic carbocycles. The van der Waals surface area contributed by atoms with Crippen LogP contribution in [0.1, 0.15) is 41.6 Å². The van der Waals surface area contributed by atoms with E-state index in [1.54, 1.807) is 12.2 Å². The lowest BCUT2D eigenvalue weighted by Gasteiger charge is -2.25. The van der Waals surface area contributed by atoms with Gasteiger partial charge in [-0.2, -0.15) is 16.8 Å². The van der Waals surface area contributed by atoms with Gasteiger partial charge in [0, 0.05) is 72.6 Å². The predicted octanol–water partition coefficient (Wildman–Crippen LogP) is 8.01. The van der Waals surface area contributed by atoms with Crippen molar-refractivity contribution in [2.45, 2.75) is 48.6 Å². The predicted molar refractivity (Wildman–Crippen MR) is 232 cm³/mol. The third kappa shape index (κ3) is 10.1. The number of ether oxygens (including phenoxy) is 2. The van der Waals surface area contributed by atoms with Gasteiger partial charge in [-0.1, -0.05) is 97.1 Å². The summed E-state index contributed by atoms with van der Waals surface area (Å²) in [6, 6.07) is 32.9. The van der Waals surface area contributed by atoms with Gasteiger partial charge >= 0.3 is 0 Å². The van der Waals surface area contributed by atoms with Crippen LogP contribution in [0.15, 0.2) is 137 Å². The number of fused-ring (bicyclic) bond motifs is 5. The Labute approximate surface area is 350 Å². The summed E-state index contributed by atoms with van der Waals surface area (Å²) in [5, 5.41) is 1.47. The van der Waals surface area contributed by atoms with Crippen molar-refractivity contribution in [1.29, 1.82) is 0 Å². The zero-order valence-corrected chi connectivity index (χ0v) is 34.8. The highest BCUT2D eigenvalue weighted by molar-refractivity contribution is 7.86. The first-order valence-corrected chi connectivity index (χ1v) is 22.6. The van der Waals surface area contributed by atoms with Crippen molar-refractivity contribution in [1.82, 2.24) is 14.4 Å². The topological polar surface area (TPSA) is 156 Å². The van der Waals surface area contributed by atoms with Crippen LogP contribution < -0.4 is 9.47 Å². The number of aromatic nitrogens is 1. The first-order chi connectivity index (χ1) is 28.9. The van der Waals surface area contributed by atoms with Crippen molar-refractivity contribution in [3.63, 3.8) is 0 Å². The van der Waals surface area contributed by atoms with E-state index in [9.17, 15) is 21.6 Å². The second-order valence-corrected chi connectivity index (χ2v) is 17.6. The SMILES string of the molecule is CN1CCc2c(c3ccccc3n2Cc2ccccc2)C1.O=C(C=CC=Cc1ccc2c(c1)OCO2)N1CCCCC1.O=S(=O)(O)c1cccc2c(S(=O)(=O)O)cccc12. The van der Waals surface area contributed by atoms with E-state index in [2.05, 4.69) is 71.1 Å². The second-order valence-electron chi connectivity index (χ2n) is 14.8. The molecule has 0 radical (unpaired) electrons. The summed E-state index contributed by atoms with van der Waals surface area (Å²) in [6.45, 7) is 5.24. The van der Waals surface area contributed by atoms with Crippen LogP contribution in [-0.2, 0) is 44.5 Å². The van der Waals surface area contributed by atoms with Crippen LogP contribution in [0.3, 0.4) is 0 Å². The molecule has 6 aromatic rings. The summed E-state index contributed by atoms with van der Waals surface area (Å²) in [4.78, 5) is 15.4. The van der Waals surface area contributed by atoms with E-state index in [1.165, 1.54) is 58.4 Å². The average Bonchev–Trinajstić information content (AvgIpc) is 3.84. The maximum absolute atomic E-state index is 11.9. The Morgan fingerprint density at radius 1 is 0.700 bits per heavy atom. The normalized spacial score (nSPS) is 15.4. The van der Waals surface area contributed by atoms with Crippen molar-refractivity contribution >= 4 is 53.9 Å². The monoisotopic (exact) mass is 849 g/mol. The Morgan fingerprint density at radius 3 is 2.02 bits per heavy atom. The number of rotatable bonds is 7. The number of hydrogen-bond donors (Lipinski definition) is 2. The van der Waals surface area contributed by atoms with Gasteiger partial charge in [-0.15, -0.1) is 0 Å². The summed E-state index contributed by atoms with van der Waals surface area (Å²) >= 11 is 0. The zero-order valence-electron chi connectivity index (χ0n) is 33.2. The highest BCUT2D eigenvalue weighted by Gasteiger charge is 2.22. The lowest BCUT2D eigenvalue weighted by Crippen LogP contribution is -2.34. The van der Waals surface area contributed by atoms with Gasteiger partial charge in [0.15, 0.2) is 11.5 Å². The van der Waals surface area contributed by atoms with Gasteiger partial charge in [0.05, 0.1) is 0 Å². The van der Waals surface area contributed by atoms with E-state index in [-0.39, 0.29) is 23.5 Å². The molecular formula is C46H47N3O9S2. The number of likely N-dealkylation sites (N-methyl/N-ethyl adjacent to an activating group) is 1. The number of para-hydroxylation sites is 1. The van der Waals surface area contributed by atoms with E-state index in [4.69, 9.17) is 18.6 Å². The standard InChI is InChI=1S/C19H20N2.C17H19NO3.C10H8O6S2/c1-20-12-11-19-17(14-20)16-9-5-6-10-18(16)21(19)13-15-7-3-2-4-8-15;19-17(18-10-4-1-5-11-18)7-3-2-6-14-8-9-15-16(12-14)21-13-20-15;11-17(12,13)9-5-1-3-7-8(9)4-2-6-10(7)18(14,15)16/h2-10H,11-14H2,1H3;2-3,6-9,12H,1,4-5,10-11,13H2;1-6H,(H,11,12,13)(H,14,15,16). The molecule has 12 nitrogen and oxygen atoms in total. The summed E-state index contributed by atoms with van der Waals surface area (Å²) in [5.41, 5.74) is 6.82. The van der Waals surface area contributed by atoms with Crippen LogP contribution in [-0.4, -0.2) is 79.7 Å². The molecule has 4 heterocycles. The first-order valence-electron chi connectivity index (χ1n) is 19.7. The minimum atomic E-state index is -4.47. The van der Waals surface area contributed by atoms with Gasteiger partial charge in [-0.3, -0.25) is 13.9 Å². The zero-order chi connectivity index (χ0) is 42.3. The maximum atomic E-state index is 11.9. The number of likely N-dealkylation sites (tertiary alicyclic amines) is 1. The molecule has 0 saturated carbocycles. The number of carbonyl (C=O) groups is 1. The van der Waals surface area contributed by atoms with Crippen molar-refractivity contribution in [3.8, 4) is 11.5 Å². The molecule has 60 heavy (non-hydrogen) atoms. The van der Waals surface area contributed by atoms with Crippen LogP contribution >= 0.6 is 0 Å². The van der Waals surface area contributed by atoms with Crippen LogP contribution in [0, 0.1) is 0 Å². The maximum Gasteiger partial charge on any atom is 0.295 e. The Morgan fingerprint density at radius 2 is 1.33 bits per heavy atom. The van der Waals surface area contributed by atoms with Gasteiger partial charge < -0.3 is 23.8 Å². The molecule has 3 aliphatic rings. The summed E-state index contributed by atoms with van der Waals surface area (Å²) < 4.78 is 75.8. The molecule has 312 valence electrons. The van der Waals surface area contributed by atoms with Crippen molar-refractivity contribution in [3.05, 3.63) is 150 Å². The largest absolute Gasteiger partial charge is 0.454 e. The molecule has 0 bridgehead atoms. The van der Waals surface area contributed by atoms with Gasteiger partial charge in [0.25, 0.3) is 20.2 Å². The molecule has 5 aromatic carbocycles. The number of carbonyl (C=O) groups excluding carboxylic acids is 1. The van der Waals surface area contributed by atoms with E-state index in [0.717, 1.165) is 81.2 Å². The van der Waals surface area contributed by atoms with Crippen LogP contribution in [0.5, 0.6) is 11.5 Å². The molecule has 9 rings (SSSR count). The fraction of sp³-hybridized carbons (Fsp3) is 0.239. The van der Waals surface area contributed by atoms with E-state index in [1.807, 2.05) is 35.3 Å². The van der Waals surface area contributed by atoms with Gasteiger partial charge in [-0.05, 0) is 73.3 Å². The molecule has 1 aromatic heterocycles. The van der Waals surface area contributed by atoms with E-state index < -0.39 is 30.0 Å². The van der Waals surface area contributed by atoms with E-state index >= 15 is 0 Å². The molecule has 1 saturated heterocycles. The molecule has 1 fully saturated rings. The Balaban J connectivity index is 0.000000137. The molecule has 3 aliphatic heterocycles. The van der Waals surface area contributed by atoms with Gasteiger partial charge in [0.2, 0.25) is 12.7 Å². The minimum absolute atomic E-state index is 0.0233. The molecule has 2 N–H and O–H groups in total. The number of nitrogens with zero attached hydrogens (tertiary/aromatic N) is 3. The number of amides is 1. The summed E-state index contributed by atoms with van der Waals surface area (Å²) in [7, 11) is -6.72. The highest BCUT2D eigenvalue weighted by atomic mass is 32.2. The fourth-order valence-corrected chi connectivity index (χ4v) is 9.14. The molecule has 0 unspecified atom stereocenters. The molecular weight excluding hydrogens is 803 g/mol. The van der Waals surface area contributed by atoms with Gasteiger partial charge in [-0.25, -0.2) is 0 Å². The average molecular weight is 850 g/mol. The van der Waals surface area contributed by atoms with E-state index in [0.29, 0.717) is 0 Å². The van der Waals surface area contributed by atoms with Gasteiger partial charge in [0.1, 0.15) is 9.79 Å². The lowest BCUT2D eigenvalue weighted by molar-refractivity contribution is -0.126. The number of allylic oxidation sites excluding steroid dienone is 2. The van der Waals surface area contributed by atoms with Crippen LogP contribution in [0.2, 0.25) is 0 Å². The smallest absolute Gasteiger partial charge is 0.295 e. The quantitative estimate of drug-likeness (QED) is 0.0917. The molecule has 0 atom stereocenters. The molecule has 1 amide bonds. The fourth-order valence-electron chi connectivity index (χ4n) is 7.73. The third-order valence-corrected chi connectivity index (χ3v) is 12.5. The first kappa shape index (κ1) is 42.4. The van der Waals surface area contributed by atoms with Crippen molar-refractivity contribution < 1.29 is 40.2 Å². The summed E-state index contributed by atoms with van der Waals surface area (Å²) in [5.74, 6) is 1.65. The Kier molecular flexibility index (Phi) is 13.2. The Hall–Kier alpha value is -5.77. The molecule has 14 heteroatoms. The second kappa shape index (κ2) is 18.7. The lowest BCUT2D eigenvalue weighted by atomic mass is 10.1. The summed E-state index contributed by atoms with van der Waals surface area (Å²) in [6.07, 6.45) is 11.9. The van der Waals surface area contributed by atoms with Crippen molar-refractivity contribution in [2.24, 2.45) is 0 Å². The third-order valence-electron chi connectivity index (χ3n) is 10.6. The number of benzene rings is 5.